The number of hydrogen-bond acceptors (Lipinski definition) is 1. The number of nitrogens with zero attached hydrogens (tertiary/aromatic N) is 1. The van der Waals surface area contributed by atoms with Gasteiger partial charge in [-0.3, -0.25) is 0 Å². The van der Waals surface area contributed by atoms with Gasteiger partial charge in [-0.25, -0.2) is 4.79 Å². The van der Waals surface area contributed by atoms with E-state index in [0.29, 0.717) is 16.9 Å². The van der Waals surface area contributed by atoms with Crippen molar-refractivity contribution in [3.63, 3.8) is 0 Å². The molecule has 0 aliphatic rings. The van der Waals surface area contributed by atoms with Crippen LogP contribution in [-0.2, 0) is 13.2 Å². The number of aromatic nitrogens is 2. The molecular formula is C15H11F3N2O2. The molecule has 114 valence electrons. The third-order valence-electron chi connectivity index (χ3n) is 3.58. The maximum Gasteiger partial charge on any atom is 0.417 e. The van der Waals surface area contributed by atoms with E-state index in [1.54, 1.807) is 17.7 Å². The average Bonchev–Trinajstić information content (AvgIpc) is 3.03. The van der Waals surface area contributed by atoms with E-state index >= 15 is 0 Å². The Hall–Kier alpha value is -2.70. The Morgan fingerprint density at radius 1 is 1.23 bits per heavy atom. The molecule has 4 nitrogen and oxygen atoms in total. The number of carboxylic acid groups (broad SMARTS) is 1. The number of hydrogen-bond donors (Lipinski definition) is 2. The number of rotatable bonds is 2. The van der Waals surface area contributed by atoms with E-state index in [9.17, 15) is 18.0 Å². The predicted molar refractivity (Wildman–Crippen MR) is 74.7 cm³/mol. The first kappa shape index (κ1) is 14.2. The summed E-state index contributed by atoms with van der Waals surface area (Å²) >= 11 is 0. The van der Waals surface area contributed by atoms with Crippen LogP contribution in [0.4, 0.5) is 13.2 Å². The minimum Gasteiger partial charge on any atom is -0.477 e. The molecule has 2 N–H and O–H groups in total. The van der Waals surface area contributed by atoms with Crippen molar-refractivity contribution in [3.8, 4) is 11.4 Å². The molecule has 7 heteroatoms. The molecule has 0 amide bonds. The van der Waals surface area contributed by atoms with Gasteiger partial charge in [0.2, 0.25) is 0 Å². The zero-order valence-corrected chi connectivity index (χ0v) is 11.4. The fourth-order valence-corrected chi connectivity index (χ4v) is 2.54. The standard InChI is InChI=1S/C15H11F3N2O2/c1-20-12-4-2-3-9(15(16,17)18)8(12)7-13(20)10-5-6-11(19-10)14(21)22/h2-7,19H,1H3,(H,21,22). The summed E-state index contributed by atoms with van der Waals surface area (Å²) in [4.78, 5) is 13.6. The number of fused-ring (bicyclic) bond motifs is 1. The van der Waals surface area contributed by atoms with Crippen molar-refractivity contribution in [3.05, 3.63) is 47.7 Å². The van der Waals surface area contributed by atoms with Gasteiger partial charge in [-0.2, -0.15) is 13.2 Å². The second-order valence-electron chi connectivity index (χ2n) is 4.92. The number of H-pyrrole nitrogens is 1. The van der Waals surface area contributed by atoms with Gasteiger partial charge in [-0.1, -0.05) is 6.07 Å². The van der Waals surface area contributed by atoms with Gasteiger partial charge in [0, 0.05) is 18.0 Å². The minimum atomic E-state index is -4.44. The lowest BCUT2D eigenvalue weighted by molar-refractivity contribution is -0.136. The highest BCUT2D eigenvalue weighted by Gasteiger charge is 2.33. The van der Waals surface area contributed by atoms with Crippen LogP contribution in [0.25, 0.3) is 22.3 Å². The lowest BCUT2D eigenvalue weighted by atomic mass is 10.1. The summed E-state index contributed by atoms with van der Waals surface area (Å²) < 4.78 is 40.8. The summed E-state index contributed by atoms with van der Waals surface area (Å²) in [5, 5.41) is 9.00. The molecule has 0 aliphatic carbocycles. The molecule has 0 saturated carbocycles. The van der Waals surface area contributed by atoms with E-state index in [1.165, 1.54) is 24.3 Å². The fraction of sp³-hybridized carbons (Fsp3) is 0.133. The minimum absolute atomic E-state index is 0.0173. The van der Waals surface area contributed by atoms with Crippen LogP contribution in [0.5, 0.6) is 0 Å². The first-order chi connectivity index (χ1) is 10.3. The maximum atomic E-state index is 13.1. The molecule has 0 saturated heterocycles. The molecule has 0 atom stereocenters. The van der Waals surface area contributed by atoms with Crippen LogP contribution in [0.1, 0.15) is 16.1 Å². The first-order valence-corrected chi connectivity index (χ1v) is 6.37. The first-order valence-electron chi connectivity index (χ1n) is 6.37. The number of carbonyl (C=O) groups is 1. The Morgan fingerprint density at radius 3 is 2.55 bits per heavy atom. The van der Waals surface area contributed by atoms with Crippen molar-refractivity contribution in [2.45, 2.75) is 6.18 Å². The quantitative estimate of drug-likeness (QED) is 0.754. The molecule has 0 aliphatic heterocycles. The summed E-state index contributed by atoms with van der Waals surface area (Å²) in [7, 11) is 1.64. The van der Waals surface area contributed by atoms with Gasteiger partial charge in [0.15, 0.2) is 0 Å². The molecule has 2 aromatic heterocycles. The van der Waals surface area contributed by atoms with Crippen LogP contribution >= 0.6 is 0 Å². The normalized spacial score (nSPS) is 12.0. The molecule has 0 unspecified atom stereocenters. The Labute approximate surface area is 122 Å². The average molecular weight is 308 g/mol. The van der Waals surface area contributed by atoms with Gasteiger partial charge < -0.3 is 14.7 Å². The summed E-state index contributed by atoms with van der Waals surface area (Å²) in [6, 6.07) is 8.30. The van der Waals surface area contributed by atoms with E-state index in [2.05, 4.69) is 4.98 Å². The van der Waals surface area contributed by atoms with Gasteiger partial charge >= 0.3 is 12.1 Å². The van der Waals surface area contributed by atoms with Crippen LogP contribution in [0.2, 0.25) is 0 Å². The summed E-state index contributed by atoms with van der Waals surface area (Å²) in [6.07, 6.45) is -4.44. The molecule has 0 fully saturated rings. The smallest absolute Gasteiger partial charge is 0.417 e. The second-order valence-corrected chi connectivity index (χ2v) is 4.92. The molecule has 22 heavy (non-hydrogen) atoms. The highest BCUT2D eigenvalue weighted by atomic mass is 19.4. The second kappa shape index (κ2) is 4.66. The Kier molecular flexibility index (Phi) is 3.01. The van der Waals surface area contributed by atoms with E-state index in [0.717, 1.165) is 6.07 Å². The van der Waals surface area contributed by atoms with Gasteiger partial charge in [-0.15, -0.1) is 0 Å². The van der Waals surface area contributed by atoms with E-state index < -0.39 is 17.7 Å². The number of alkyl halides is 3. The number of nitrogens with one attached hydrogen (secondary N) is 1. The number of carboxylic acids is 1. The van der Waals surface area contributed by atoms with Crippen molar-refractivity contribution >= 4 is 16.9 Å². The molecule has 0 bridgehead atoms. The monoisotopic (exact) mass is 308 g/mol. The summed E-state index contributed by atoms with van der Waals surface area (Å²) in [5.41, 5.74) is 0.632. The number of halogens is 3. The zero-order chi connectivity index (χ0) is 16.1. The van der Waals surface area contributed by atoms with Crippen molar-refractivity contribution in [2.75, 3.05) is 0 Å². The van der Waals surface area contributed by atoms with Crippen LogP contribution < -0.4 is 0 Å². The lowest BCUT2D eigenvalue weighted by Gasteiger charge is -2.08. The molecule has 2 heterocycles. The van der Waals surface area contributed by atoms with Crippen molar-refractivity contribution in [1.82, 2.24) is 9.55 Å². The summed E-state index contributed by atoms with van der Waals surface area (Å²) in [5.74, 6) is -1.12. The van der Waals surface area contributed by atoms with Crippen LogP contribution in [0.15, 0.2) is 36.4 Å². The third kappa shape index (κ3) is 2.14. The fourth-order valence-electron chi connectivity index (χ4n) is 2.54. The number of aryl methyl sites for hydroxylation is 1. The van der Waals surface area contributed by atoms with Gasteiger partial charge in [0.25, 0.3) is 0 Å². The molecule has 3 aromatic rings. The van der Waals surface area contributed by atoms with Gasteiger partial charge in [0.1, 0.15) is 5.69 Å². The molecule has 0 spiro atoms. The topological polar surface area (TPSA) is 58.0 Å². The SMILES string of the molecule is Cn1c(-c2ccc(C(=O)O)[nH]2)cc2c(C(F)(F)F)cccc21. The van der Waals surface area contributed by atoms with E-state index in [4.69, 9.17) is 5.11 Å². The van der Waals surface area contributed by atoms with Crippen molar-refractivity contribution in [2.24, 2.45) is 7.05 Å². The van der Waals surface area contributed by atoms with Gasteiger partial charge in [0.05, 0.1) is 17.0 Å². The van der Waals surface area contributed by atoms with Crippen molar-refractivity contribution in [1.29, 1.82) is 0 Å². The van der Waals surface area contributed by atoms with Crippen LogP contribution in [-0.4, -0.2) is 20.6 Å². The van der Waals surface area contributed by atoms with Crippen LogP contribution in [0, 0.1) is 0 Å². The predicted octanol–water partition coefficient (Wildman–Crippen LogP) is 3.89. The van der Waals surface area contributed by atoms with Crippen LogP contribution in [0.3, 0.4) is 0 Å². The lowest BCUT2D eigenvalue weighted by Crippen LogP contribution is -2.05. The maximum absolute atomic E-state index is 13.1. The Morgan fingerprint density at radius 2 is 1.95 bits per heavy atom. The Balaban J connectivity index is 2.23. The molecule has 1 aromatic carbocycles. The third-order valence-corrected chi connectivity index (χ3v) is 3.58. The highest BCUT2D eigenvalue weighted by Crippen LogP contribution is 2.37. The number of aromatic carboxylic acids is 1. The number of aromatic amines is 1. The summed E-state index contributed by atoms with van der Waals surface area (Å²) in [6.45, 7) is 0. The Bertz CT molecular complexity index is 875. The van der Waals surface area contributed by atoms with E-state index in [-0.39, 0.29) is 11.1 Å². The van der Waals surface area contributed by atoms with E-state index in [1.807, 2.05) is 0 Å². The van der Waals surface area contributed by atoms with Crippen molar-refractivity contribution < 1.29 is 23.1 Å². The van der Waals surface area contributed by atoms with Gasteiger partial charge in [-0.05, 0) is 30.3 Å². The molecule has 0 radical (unpaired) electrons. The molecule has 3 rings (SSSR count). The highest BCUT2D eigenvalue weighted by molar-refractivity contribution is 5.91. The number of benzene rings is 1. The largest absolute Gasteiger partial charge is 0.477 e. The molecular weight excluding hydrogens is 297 g/mol. The zero-order valence-electron chi connectivity index (χ0n) is 11.4.